The molecule has 3 rings (SSSR count). The lowest BCUT2D eigenvalue weighted by Crippen LogP contribution is -2.23. The van der Waals surface area contributed by atoms with Crippen LogP contribution in [0.25, 0.3) is 6.08 Å². The van der Waals surface area contributed by atoms with Crippen molar-refractivity contribution in [1.82, 2.24) is 0 Å². The van der Waals surface area contributed by atoms with Gasteiger partial charge in [0, 0.05) is 24.2 Å². The molecule has 0 unspecified atom stereocenters. The number of allylic oxidation sites excluding steroid dienone is 1. The van der Waals surface area contributed by atoms with E-state index in [0.29, 0.717) is 24.1 Å². The predicted octanol–water partition coefficient (Wildman–Crippen LogP) is 3.43. The maximum atomic E-state index is 12.5. The summed E-state index contributed by atoms with van der Waals surface area (Å²) >= 11 is 0. The molecule has 1 N–H and O–H groups in total. The zero-order chi connectivity index (χ0) is 19.4. The van der Waals surface area contributed by atoms with E-state index in [2.05, 4.69) is 0 Å². The molecular formula is C21H21NO5. The highest BCUT2D eigenvalue weighted by Crippen LogP contribution is 2.37. The van der Waals surface area contributed by atoms with Crippen LogP contribution in [0, 0.1) is 0 Å². The molecule has 140 valence electrons. The highest BCUT2D eigenvalue weighted by atomic mass is 16.5. The minimum absolute atomic E-state index is 0.0819. The van der Waals surface area contributed by atoms with Crippen LogP contribution in [-0.2, 0) is 4.79 Å². The van der Waals surface area contributed by atoms with Crippen LogP contribution in [0.2, 0.25) is 0 Å². The minimum atomic E-state index is -0.186. The van der Waals surface area contributed by atoms with Crippen molar-refractivity contribution in [3.63, 3.8) is 0 Å². The fraction of sp³-hybridized carbons (Fsp3) is 0.238. The molecule has 0 spiro atoms. The number of rotatable bonds is 6. The Morgan fingerprint density at radius 1 is 1.15 bits per heavy atom. The highest BCUT2D eigenvalue weighted by molar-refractivity contribution is 6.08. The number of ether oxygens (including phenoxy) is 2. The Kier molecular flexibility index (Phi) is 5.45. The number of amides is 1. The number of methoxy groups -OCH3 is 2. The van der Waals surface area contributed by atoms with Gasteiger partial charge in [-0.3, -0.25) is 9.59 Å². The first-order valence-corrected chi connectivity index (χ1v) is 8.61. The van der Waals surface area contributed by atoms with Gasteiger partial charge < -0.3 is 19.5 Å². The van der Waals surface area contributed by atoms with Crippen LogP contribution >= 0.6 is 0 Å². The van der Waals surface area contributed by atoms with Crippen molar-refractivity contribution in [1.29, 1.82) is 0 Å². The molecule has 27 heavy (non-hydrogen) atoms. The van der Waals surface area contributed by atoms with Gasteiger partial charge in [0.25, 0.3) is 0 Å². The van der Waals surface area contributed by atoms with Gasteiger partial charge in [0.05, 0.1) is 14.2 Å². The third-order valence-corrected chi connectivity index (χ3v) is 4.45. The van der Waals surface area contributed by atoms with E-state index in [1.165, 1.54) is 20.3 Å². The third kappa shape index (κ3) is 3.95. The van der Waals surface area contributed by atoms with E-state index in [0.717, 1.165) is 12.1 Å². The molecule has 1 heterocycles. The van der Waals surface area contributed by atoms with Crippen LogP contribution < -0.4 is 14.4 Å². The molecule has 0 radical (unpaired) electrons. The summed E-state index contributed by atoms with van der Waals surface area (Å²) in [6.45, 7) is 0.680. The Bertz CT molecular complexity index is 878. The van der Waals surface area contributed by atoms with Gasteiger partial charge in [0.1, 0.15) is 0 Å². The highest BCUT2D eigenvalue weighted by Gasteiger charge is 2.22. The van der Waals surface area contributed by atoms with Gasteiger partial charge in [-0.05, 0) is 42.3 Å². The van der Waals surface area contributed by atoms with Gasteiger partial charge in [-0.2, -0.15) is 0 Å². The quantitative estimate of drug-likeness (QED) is 0.625. The lowest BCUT2D eigenvalue weighted by atomic mass is 10.1. The Morgan fingerprint density at radius 2 is 1.85 bits per heavy atom. The summed E-state index contributed by atoms with van der Waals surface area (Å²) in [7, 11) is 2.89. The standard InChI is InChI=1S/C21H21NO5/c1-26-18-11-14(12-19(27-2)21(18)25)8-9-17(23)15-5-3-6-16(13-15)22-10-4-7-20(22)24/h3,5-6,8-9,11-13,25H,4,7,10H2,1-2H3/b9-8+. The molecule has 0 atom stereocenters. The van der Waals surface area contributed by atoms with Crippen LogP contribution in [-0.4, -0.2) is 37.6 Å². The summed E-state index contributed by atoms with van der Waals surface area (Å²) in [5.41, 5.74) is 1.90. The summed E-state index contributed by atoms with van der Waals surface area (Å²) in [5, 5.41) is 9.95. The number of ketones is 1. The van der Waals surface area contributed by atoms with Gasteiger partial charge in [-0.1, -0.05) is 18.2 Å². The molecule has 1 saturated heterocycles. The van der Waals surface area contributed by atoms with E-state index in [9.17, 15) is 14.7 Å². The van der Waals surface area contributed by atoms with Crippen molar-refractivity contribution in [2.24, 2.45) is 0 Å². The molecule has 1 amide bonds. The molecule has 2 aromatic carbocycles. The number of anilines is 1. The predicted molar refractivity (Wildman–Crippen MR) is 103 cm³/mol. The van der Waals surface area contributed by atoms with Crippen LogP contribution in [0.4, 0.5) is 5.69 Å². The Morgan fingerprint density at radius 3 is 2.44 bits per heavy atom. The van der Waals surface area contributed by atoms with Gasteiger partial charge in [0.2, 0.25) is 11.7 Å². The minimum Gasteiger partial charge on any atom is -0.502 e. The summed E-state index contributed by atoms with van der Waals surface area (Å²) < 4.78 is 10.2. The second-order valence-corrected chi connectivity index (χ2v) is 6.17. The number of carbonyl (C=O) groups is 2. The normalized spacial score (nSPS) is 14.0. The maximum absolute atomic E-state index is 12.5. The first-order valence-electron chi connectivity index (χ1n) is 8.61. The van der Waals surface area contributed by atoms with Gasteiger partial charge in [-0.25, -0.2) is 0 Å². The second-order valence-electron chi connectivity index (χ2n) is 6.17. The molecule has 2 aromatic rings. The molecule has 0 aromatic heterocycles. The molecule has 6 heteroatoms. The number of hydrogen-bond donors (Lipinski definition) is 1. The first-order chi connectivity index (χ1) is 13.0. The summed E-state index contributed by atoms with van der Waals surface area (Å²) in [6, 6.07) is 10.3. The van der Waals surface area contributed by atoms with E-state index in [1.807, 2.05) is 6.07 Å². The van der Waals surface area contributed by atoms with Crippen LogP contribution in [0.1, 0.15) is 28.8 Å². The monoisotopic (exact) mass is 367 g/mol. The van der Waals surface area contributed by atoms with Crippen molar-refractivity contribution in [2.45, 2.75) is 12.8 Å². The second kappa shape index (κ2) is 7.95. The molecule has 1 fully saturated rings. The Balaban J connectivity index is 1.82. The molecule has 0 bridgehead atoms. The van der Waals surface area contributed by atoms with E-state index < -0.39 is 0 Å². The molecule has 1 aliphatic rings. The van der Waals surface area contributed by atoms with Gasteiger partial charge >= 0.3 is 0 Å². The van der Waals surface area contributed by atoms with Crippen molar-refractivity contribution >= 4 is 23.5 Å². The first kappa shape index (κ1) is 18.5. The lowest BCUT2D eigenvalue weighted by Gasteiger charge is -2.16. The Labute approximate surface area is 157 Å². The van der Waals surface area contributed by atoms with Crippen molar-refractivity contribution in [3.05, 3.63) is 53.6 Å². The van der Waals surface area contributed by atoms with Crippen LogP contribution in [0.15, 0.2) is 42.5 Å². The lowest BCUT2D eigenvalue weighted by molar-refractivity contribution is -0.117. The number of aromatic hydroxyl groups is 1. The largest absolute Gasteiger partial charge is 0.502 e. The number of phenols is 1. The zero-order valence-electron chi connectivity index (χ0n) is 15.3. The molecule has 0 saturated carbocycles. The van der Waals surface area contributed by atoms with Crippen molar-refractivity contribution < 1.29 is 24.2 Å². The molecule has 6 nitrogen and oxygen atoms in total. The van der Waals surface area contributed by atoms with E-state index in [4.69, 9.17) is 9.47 Å². The fourth-order valence-corrected chi connectivity index (χ4v) is 3.03. The number of hydrogen-bond acceptors (Lipinski definition) is 5. The van der Waals surface area contributed by atoms with Crippen molar-refractivity contribution in [2.75, 3.05) is 25.7 Å². The van der Waals surface area contributed by atoms with Gasteiger partial charge in [-0.15, -0.1) is 0 Å². The third-order valence-electron chi connectivity index (χ3n) is 4.45. The molecule has 1 aliphatic heterocycles. The molecule has 0 aliphatic carbocycles. The number of carbonyl (C=O) groups excluding carboxylic acids is 2. The SMILES string of the molecule is COc1cc(/C=C/C(=O)c2cccc(N3CCCC3=O)c2)cc(OC)c1O. The number of phenolic OH excluding ortho intramolecular Hbond substituents is 1. The fourth-order valence-electron chi connectivity index (χ4n) is 3.03. The summed E-state index contributed by atoms with van der Waals surface area (Å²) in [4.78, 5) is 26.1. The topological polar surface area (TPSA) is 76.1 Å². The average Bonchev–Trinajstić information content (AvgIpc) is 3.12. The Hall–Kier alpha value is -3.28. The van der Waals surface area contributed by atoms with Crippen LogP contribution in [0.3, 0.4) is 0 Å². The average molecular weight is 367 g/mol. The number of nitrogens with zero attached hydrogens (tertiary/aromatic N) is 1. The molecular weight excluding hydrogens is 346 g/mol. The van der Waals surface area contributed by atoms with E-state index in [1.54, 1.807) is 41.3 Å². The van der Waals surface area contributed by atoms with E-state index in [-0.39, 0.29) is 28.9 Å². The summed E-state index contributed by atoms with van der Waals surface area (Å²) in [6.07, 6.45) is 4.45. The van der Waals surface area contributed by atoms with Crippen molar-refractivity contribution in [3.8, 4) is 17.2 Å². The maximum Gasteiger partial charge on any atom is 0.227 e. The van der Waals surface area contributed by atoms with Crippen LogP contribution in [0.5, 0.6) is 17.2 Å². The summed E-state index contributed by atoms with van der Waals surface area (Å²) in [5.74, 6) is 0.325. The van der Waals surface area contributed by atoms with Gasteiger partial charge in [0.15, 0.2) is 17.3 Å². The van der Waals surface area contributed by atoms with E-state index >= 15 is 0 Å². The smallest absolute Gasteiger partial charge is 0.227 e. The zero-order valence-corrected chi connectivity index (χ0v) is 15.3. The number of benzene rings is 2.